The molecule has 2 aromatic rings. The highest BCUT2D eigenvalue weighted by Gasteiger charge is 2.10. The number of nitrogens with one attached hydrogen (secondary N) is 2. The number of amides is 1. The molecule has 1 amide bonds. The summed E-state index contributed by atoms with van der Waals surface area (Å²) in [4.78, 5) is 16.1. The molecule has 1 heterocycles. The Morgan fingerprint density at radius 1 is 1.28 bits per heavy atom. The summed E-state index contributed by atoms with van der Waals surface area (Å²) in [6, 6.07) is 9.45. The minimum Gasteiger partial charge on any atom is -0.387 e. The van der Waals surface area contributed by atoms with E-state index < -0.39 is 0 Å². The Morgan fingerprint density at radius 2 is 2.11 bits per heavy atom. The van der Waals surface area contributed by atoms with E-state index in [9.17, 15) is 4.79 Å². The topological polar surface area (TPSA) is 54.0 Å². The van der Waals surface area contributed by atoms with Crippen LogP contribution in [0.5, 0.6) is 0 Å². The molecule has 92 valence electrons. The number of benzene rings is 1. The van der Waals surface area contributed by atoms with E-state index in [1.54, 1.807) is 25.5 Å². The Kier molecular flexibility index (Phi) is 3.57. The minimum absolute atomic E-state index is 0.168. The summed E-state index contributed by atoms with van der Waals surface area (Å²) in [7, 11) is 1.78. The standard InChI is InChI=1S/C14H15N3O/c1-10-4-3-5-11(8-10)17-14(18)12-9-16-7-6-13(12)15-2/h3-9H,1-2H3,(H,15,16)(H,17,18). The predicted octanol–water partition coefficient (Wildman–Crippen LogP) is 2.68. The maximum absolute atomic E-state index is 12.1. The van der Waals surface area contributed by atoms with Gasteiger partial charge in [0.15, 0.2) is 0 Å². The smallest absolute Gasteiger partial charge is 0.259 e. The van der Waals surface area contributed by atoms with Crippen molar-refractivity contribution >= 4 is 17.3 Å². The fraction of sp³-hybridized carbons (Fsp3) is 0.143. The van der Waals surface area contributed by atoms with Gasteiger partial charge < -0.3 is 10.6 Å². The number of carbonyl (C=O) groups is 1. The first-order valence-corrected chi connectivity index (χ1v) is 5.70. The van der Waals surface area contributed by atoms with E-state index in [1.165, 1.54) is 0 Å². The molecule has 0 aliphatic rings. The average molecular weight is 241 g/mol. The van der Waals surface area contributed by atoms with Crippen LogP contribution >= 0.6 is 0 Å². The normalized spacial score (nSPS) is 9.89. The van der Waals surface area contributed by atoms with Gasteiger partial charge in [-0.3, -0.25) is 9.78 Å². The van der Waals surface area contributed by atoms with Crippen molar-refractivity contribution < 1.29 is 4.79 Å². The summed E-state index contributed by atoms with van der Waals surface area (Å²) in [5, 5.41) is 5.83. The molecular weight excluding hydrogens is 226 g/mol. The second-order valence-electron chi connectivity index (χ2n) is 3.99. The SMILES string of the molecule is CNc1ccncc1C(=O)Nc1cccc(C)c1. The molecule has 18 heavy (non-hydrogen) atoms. The Bertz CT molecular complexity index is 566. The molecule has 0 spiro atoms. The van der Waals surface area contributed by atoms with Gasteiger partial charge in [-0.1, -0.05) is 12.1 Å². The highest BCUT2D eigenvalue weighted by atomic mass is 16.1. The third kappa shape index (κ3) is 2.66. The fourth-order valence-electron chi connectivity index (χ4n) is 1.71. The second kappa shape index (κ2) is 5.31. The van der Waals surface area contributed by atoms with Crippen molar-refractivity contribution in [3.8, 4) is 0 Å². The van der Waals surface area contributed by atoms with Crippen molar-refractivity contribution in [3.05, 3.63) is 53.9 Å². The molecule has 0 bridgehead atoms. The van der Waals surface area contributed by atoms with E-state index in [0.717, 1.165) is 16.9 Å². The molecule has 0 aliphatic heterocycles. The monoisotopic (exact) mass is 241 g/mol. The van der Waals surface area contributed by atoms with Gasteiger partial charge in [-0.15, -0.1) is 0 Å². The van der Waals surface area contributed by atoms with Crippen LogP contribution in [0.4, 0.5) is 11.4 Å². The molecule has 0 atom stereocenters. The molecular formula is C14H15N3O. The Morgan fingerprint density at radius 3 is 2.83 bits per heavy atom. The number of carbonyl (C=O) groups excluding carboxylic acids is 1. The number of rotatable bonds is 3. The van der Waals surface area contributed by atoms with Crippen LogP contribution in [0.1, 0.15) is 15.9 Å². The van der Waals surface area contributed by atoms with E-state index in [-0.39, 0.29) is 5.91 Å². The maximum atomic E-state index is 12.1. The lowest BCUT2D eigenvalue weighted by atomic mass is 10.2. The highest BCUT2D eigenvalue weighted by Crippen LogP contribution is 2.16. The van der Waals surface area contributed by atoms with Crippen LogP contribution in [0.15, 0.2) is 42.7 Å². The summed E-state index contributed by atoms with van der Waals surface area (Å²) in [6.45, 7) is 1.98. The highest BCUT2D eigenvalue weighted by molar-refractivity contribution is 6.07. The average Bonchev–Trinajstić information content (AvgIpc) is 2.38. The van der Waals surface area contributed by atoms with E-state index in [2.05, 4.69) is 15.6 Å². The van der Waals surface area contributed by atoms with Gasteiger partial charge in [0.25, 0.3) is 5.91 Å². The Balaban J connectivity index is 2.22. The minimum atomic E-state index is -0.168. The quantitative estimate of drug-likeness (QED) is 0.868. The Hall–Kier alpha value is -2.36. The first-order chi connectivity index (χ1) is 8.70. The number of anilines is 2. The van der Waals surface area contributed by atoms with Crippen molar-refractivity contribution in [2.24, 2.45) is 0 Å². The largest absolute Gasteiger partial charge is 0.387 e. The van der Waals surface area contributed by atoms with Crippen LogP contribution in [0, 0.1) is 6.92 Å². The summed E-state index contributed by atoms with van der Waals surface area (Å²) in [5.41, 5.74) is 3.18. The van der Waals surface area contributed by atoms with Crippen molar-refractivity contribution in [2.45, 2.75) is 6.92 Å². The maximum Gasteiger partial charge on any atom is 0.259 e. The van der Waals surface area contributed by atoms with E-state index >= 15 is 0 Å². The number of aromatic nitrogens is 1. The zero-order chi connectivity index (χ0) is 13.0. The summed E-state index contributed by atoms with van der Waals surface area (Å²) >= 11 is 0. The molecule has 0 fully saturated rings. The van der Waals surface area contributed by atoms with Crippen LogP contribution in [-0.2, 0) is 0 Å². The lowest BCUT2D eigenvalue weighted by Crippen LogP contribution is -2.14. The van der Waals surface area contributed by atoms with Gasteiger partial charge in [-0.05, 0) is 30.7 Å². The van der Waals surface area contributed by atoms with Gasteiger partial charge in [0, 0.05) is 30.8 Å². The van der Waals surface area contributed by atoms with Gasteiger partial charge in [0.1, 0.15) is 0 Å². The molecule has 0 unspecified atom stereocenters. The summed E-state index contributed by atoms with van der Waals surface area (Å²) in [5.74, 6) is -0.168. The molecule has 0 aliphatic carbocycles. The van der Waals surface area contributed by atoms with Gasteiger partial charge in [0.05, 0.1) is 5.56 Å². The van der Waals surface area contributed by atoms with Crippen LogP contribution in [0.3, 0.4) is 0 Å². The van der Waals surface area contributed by atoms with Crippen molar-refractivity contribution in [1.29, 1.82) is 0 Å². The fourth-order valence-corrected chi connectivity index (χ4v) is 1.71. The molecule has 2 rings (SSSR count). The number of hydrogen-bond acceptors (Lipinski definition) is 3. The van der Waals surface area contributed by atoms with Gasteiger partial charge in [-0.2, -0.15) is 0 Å². The zero-order valence-electron chi connectivity index (χ0n) is 10.4. The third-order valence-electron chi connectivity index (χ3n) is 2.61. The van der Waals surface area contributed by atoms with Crippen LogP contribution in [0.2, 0.25) is 0 Å². The zero-order valence-corrected chi connectivity index (χ0v) is 10.4. The summed E-state index contributed by atoms with van der Waals surface area (Å²) < 4.78 is 0. The molecule has 4 heteroatoms. The van der Waals surface area contributed by atoms with Gasteiger partial charge in [0.2, 0.25) is 0 Å². The van der Waals surface area contributed by atoms with E-state index in [0.29, 0.717) is 5.56 Å². The number of hydrogen-bond donors (Lipinski definition) is 2. The molecule has 0 saturated carbocycles. The first-order valence-electron chi connectivity index (χ1n) is 5.70. The summed E-state index contributed by atoms with van der Waals surface area (Å²) in [6.07, 6.45) is 3.20. The molecule has 2 N–H and O–H groups in total. The van der Waals surface area contributed by atoms with E-state index in [1.807, 2.05) is 31.2 Å². The number of nitrogens with zero attached hydrogens (tertiary/aromatic N) is 1. The van der Waals surface area contributed by atoms with Crippen molar-refractivity contribution in [2.75, 3.05) is 17.7 Å². The molecule has 0 saturated heterocycles. The van der Waals surface area contributed by atoms with Gasteiger partial charge in [-0.25, -0.2) is 0 Å². The molecule has 4 nitrogen and oxygen atoms in total. The molecule has 0 radical (unpaired) electrons. The van der Waals surface area contributed by atoms with Crippen LogP contribution in [-0.4, -0.2) is 17.9 Å². The second-order valence-corrected chi connectivity index (χ2v) is 3.99. The van der Waals surface area contributed by atoms with Gasteiger partial charge >= 0.3 is 0 Å². The van der Waals surface area contributed by atoms with Crippen LogP contribution < -0.4 is 10.6 Å². The van der Waals surface area contributed by atoms with E-state index in [4.69, 9.17) is 0 Å². The number of pyridine rings is 1. The van der Waals surface area contributed by atoms with Crippen molar-refractivity contribution in [3.63, 3.8) is 0 Å². The lowest BCUT2D eigenvalue weighted by Gasteiger charge is -2.09. The Labute approximate surface area is 106 Å². The first kappa shape index (κ1) is 12.1. The molecule has 1 aromatic heterocycles. The third-order valence-corrected chi connectivity index (χ3v) is 2.61. The predicted molar refractivity (Wildman–Crippen MR) is 72.9 cm³/mol. The van der Waals surface area contributed by atoms with Crippen LogP contribution in [0.25, 0.3) is 0 Å². The lowest BCUT2D eigenvalue weighted by molar-refractivity contribution is 0.102. The molecule has 1 aromatic carbocycles. The number of aryl methyl sites for hydroxylation is 1. The van der Waals surface area contributed by atoms with Crippen molar-refractivity contribution in [1.82, 2.24) is 4.98 Å².